The van der Waals surface area contributed by atoms with Gasteiger partial charge >= 0.3 is 0 Å². The van der Waals surface area contributed by atoms with E-state index < -0.39 is 6.10 Å². The van der Waals surface area contributed by atoms with Crippen LogP contribution in [0.5, 0.6) is 17.2 Å². The van der Waals surface area contributed by atoms with Crippen LogP contribution in [0.4, 0.5) is 11.4 Å². The lowest BCUT2D eigenvalue weighted by molar-refractivity contribution is -0.122. The fourth-order valence-corrected chi connectivity index (χ4v) is 3.09. The number of nitrogens with one attached hydrogen (secondary N) is 2. The summed E-state index contributed by atoms with van der Waals surface area (Å²) in [4.78, 5) is 25.3. The normalized spacial score (nSPS) is 13.1. The van der Waals surface area contributed by atoms with Gasteiger partial charge in [0.25, 0.3) is 11.8 Å². The Morgan fingerprint density at radius 1 is 0.839 bits per heavy atom. The molecule has 7 nitrogen and oxygen atoms in total. The average Bonchev–Trinajstić information content (AvgIpc) is 2.80. The third kappa shape index (κ3) is 4.95. The summed E-state index contributed by atoms with van der Waals surface area (Å²) in [6, 6.07) is 21.1. The zero-order valence-corrected chi connectivity index (χ0v) is 17.0. The predicted molar refractivity (Wildman–Crippen MR) is 117 cm³/mol. The summed E-state index contributed by atoms with van der Waals surface area (Å²) < 4.78 is 16.9. The molecule has 31 heavy (non-hydrogen) atoms. The van der Waals surface area contributed by atoms with E-state index in [1.807, 2.05) is 18.2 Å². The second-order valence-electron chi connectivity index (χ2n) is 6.92. The van der Waals surface area contributed by atoms with Gasteiger partial charge in [-0.3, -0.25) is 9.59 Å². The molecule has 3 aromatic carbocycles. The van der Waals surface area contributed by atoms with E-state index in [-0.39, 0.29) is 11.8 Å². The van der Waals surface area contributed by atoms with Crippen molar-refractivity contribution in [1.29, 1.82) is 0 Å². The molecule has 7 heteroatoms. The first-order chi connectivity index (χ1) is 15.1. The molecule has 0 fully saturated rings. The van der Waals surface area contributed by atoms with E-state index in [0.717, 1.165) is 0 Å². The fraction of sp³-hybridized carbons (Fsp3) is 0.167. The highest BCUT2D eigenvalue weighted by atomic mass is 16.6. The minimum Gasteiger partial charge on any atom is -0.486 e. The number of hydrogen-bond acceptors (Lipinski definition) is 5. The maximum atomic E-state index is 12.7. The molecule has 0 aromatic heterocycles. The molecule has 4 rings (SSSR count). The number of para-hydroxylation sites is 2. The third-order valence-corrected chi connectivity index (χ3v) is 4.65. The van der Waals surface area contributed by atoms with E-state index in [1.165, 1.54) is 0 Å². The molecule has 0 saturated carbocycles. The molecule has 1 aliphatic heterocycles. The van der Waals surface area contributed by atoms with Crippen molar-refractivity contribution in [3.8, 4) is 17.2 Å². The number of hydrogen-bond donors (Lipinski definition) is 2. The molecule has 3 aromatic rings. The van der Waals surface area contributed by atoms with E-state index in [0.29, 0.717) is 47.4 Å². The van der Waals surface area contributed by atoms with Gasteiger partial charge < -0.3 is 24.8 Å². The maximum Gasteiger partial charge on any atom is 0.265 e. The van der Waals surface area contributed by atoms with Crippen LogP contribution in [0.2, 0.25) is 0 Å². The summed E-state index contributed by atoms with van der Waals surface area (Å²) in [6.07, 6.45) is -0.834. The summed E-state index contributed by atoms with van der Waals surface area (Å²) in [6.45, 7) is 2.59. The van der Waals surface area contributed by atoms with Gasteiger partial charge in [-0.1, -0.05) is 30.3 Å². The second kappa shape index (κ2) is 9.21. The third-order valence-electron chi connectivity index (χ3n) is 4.65. The number of benzene rings is 3. The lowest BCUT2D eigenvalue weighted by Gasteiger charge is -2.20. The van der Waals surface area contributed by atoms with Crippen molar-refractivity contribution in [3.05, 3.63) is 78.4 Å². The number of fused-ring (bicyclic) bond motifs is 1. The van der Waals surface area contributed by atoms with Crippen LogP contribution >= 0.6 is 0 Å². The molecule has 0 saturated heterocycles. The first-order valence-corrected chi connectivity index (χ1v) is 9.93. The Hall–Kier alpha value is -4.00. The topological polar surface area (TPSA) is 85.9 Å². The van der Waals surface area contributed by atoms with Crippen LogP contribution in [0.3, 0.4) is 0 Å². The summed E-state index contributed by atoms with van der Waals surface area (Å²) in [5, 5.41) is 5.63. The molecule has 0 bridgehead atoms. The first kappa shape index (κ1) is 20.3. The van der Waals surface area contributed by atoms with E-state index in [9.17, 15) is 9.59 Å². The summed E-state index contributed by atoms with van der Waals surface area (Å²) in [7, 11) is 0. The average molecular weight is 418 g/mol. The molecule has 158 valence electrons. The van der Waals surface area contributed by atoms with Gasteiger partial charge in [-0.15, -0.1) is 0 Å². The van der Waals surface area contributed by atoms with E-state index in [1.54, 1.807) is 61.5 Å². The van der Waals surface area contributed by atoms with E-state index in [4.69, 9.17) is 14.2 Å². The Morgan fingerprint density at radius 2 is 1.55 bits per heavy atom. The molecule has 0 unspecified atom stereocenters. The molecule has 2 amide bonds. The van der Waals surface area contributed by atoms with Crippen LogP contribution in [0.1, 0.15) is 17.3 Å². The minimum atomic E-state index is -0.834. The Kier molecular flexibility index (Phi) is 6.03. The SMILES string of the molecule is C[C@H](Oc1ccccc1C(=O)Nc1ccccc1)C(=O)Nc1ccc2c(c1)OCCO2. The van der Waals surface area contributed by atoms with Crippen LogP contribution in [-0.2, 0) is 4.79 Å². The predicted octanol–water partition coefficient (Wildman–Crippen LogP) is 4.12. The fourth-order valence-electron chi connectivity index (χ4n) is 3.09. The van der Waals surface area contributed by atoms with Crippen LogP contribution in [-0.4, -0.2) is 31.1 Å². The van der Waals surface area contributed by atoms with Gasteiger partial charge in [0.15, 0.2) is 17.6 Å². The number of rotatable bonds is 6. The van der Waals surface area contributed by atoms with Crippen LogP contribution in [0, 0.1) is 0 Å². The van der Waals surface area contributed by atoms with Gasteiger partial charge in [0.05, 0.1) is 5.56 Å². The quantitative estimate of drug-likeness (QED) is 0.629. The molecular formula is C24H22N2O5. The van der Waals surface area contributed by atoms with Crippen LogP contribution in [0.15, 0.2) is 72.8 Å². The smallest absolute Gasteiger partial charge is 0.265 e. The van der Waals surface area contributed by atoms with E-state index >= 15 is 0 Å². The number of ether oxygens (including phenoxy) is 3. The lowest BCUT2D eigenvalue weighted by atomic mass is 10.1. The standard InChI is InChI=1S/C24H22N2O5/c1-16(23(27)26-18-11-12-21-22(15-18)30-14-13-29-21)31-20-10-6-5-9-19(20)24(28)25-17-7-3-2-4-8-17/h2-12,15-16H,13-14H2,1H3,(H,25,28)(H,26,27)/t16-/m0/s1. The highest BCUT2D eigenvalue weighted by molar-refractivity contribution is 6.06. The van der Waals surface area contributed by atoms with Crippen molar-refractivity contribution in [2.45, 2.75) is 13.0 Å². The van der Waals surface area contributed by atoms with Gasteiger partial charge in [-0.05, 0) is 43.3 Å². The van der Waals surface area contributed by atoms with Crippen molar-refractivity contribution >= 4 is 23.2 Å². The van der Waals surface area contributed by atoms with Crippen molar-refractivity contribution in [3.63, 3.8) is 0 Å². The zero-order chi connectivity index (χ0) is 21.6. The second-order valence-corrected chi connectivity index (χ2v) is 6.92. The van der Waals surface area contributed by atoms with Crippen molar-refractivity contribution < 1.29 is 23.8 Å². The summed E-state index contributed by atoms with van der Waals surface area (Å²) >= 11 is 0. The van der Waals surface area contributed by atoms with Gasteiger partial charge in [0, 0.05) is 17.4 Å². The van der Waals surface area contributed by atoms with Crippen molar-refractivity contribution in [2.75, 3.05) is 23.8 Å². The molecule has 2 N–H and O–H groups in total. The Labute approximate surface area is 179 Å². The molecular weight excluding hydrogens is 396 g/mol. The van der Waals surface area contributed by atoms with Gasteiger partial charge in [0.1, 0.15) is 19.0 Å². The molecule has 0 aliphatic carbocycles. The van der Waals surface area contributed by atoms with E-state index in [2.05, 4.69) is 10.6 Å². The maximum absolute atomic E-state index is 12.7. The van der Waals surface area contributed by atoms with Crippen molar-refractivity contribution in [2.24, 2.45) is 0 Å². The Bertz CT molecular complexity index is 1080. The first-order valence-electron chi connectivity index (χ1n) is 9.93. The number of amides is 2. The van der Waals surface area contributed by atoms with Gasteiger partial charge in [0.2, 0.25) is 0 Å². The monoisotopic (exact) mass is 418 g/mol. The highest BCUT2D eigenvalue weighted by Gasteiger charge is 2.20. The van der Waals surface area contributed by atoms with Gasteiger partial charge in [-0.2, -0.15) is 0 Å². The van der Waals surface area contributed by atoms with Gasteiger partial charge in [-0.25, -0.2) is 0 Å². The minimum absolute atomic E-state index is 0.318. The number of carbonyl (C=O) groups excluding carboxylic acids is 2. The zero-order valence-electron chi connectivity index (χ0n) is 17.0. The Morgan fingerprint density at radius 3 is 2.35 bits per heavy atom. The summed E-state index contributed by atoms with van der Waals surface area (Å²) in [5.41, 5.74) is 1.58. The molecule has 0 spiro atoms. The number of anilines is 2. The molecule has 1 aliphatic rings. The summed E-state index contributed by atoms with van der Waals surface area (Å²) in [5.74, 6) is 0.879. The number of carbonyl (C=O) groups is 2. The molecule has 0 radical (unpaired) electrons. The lowest BCUT2D eigenvalue weighted by Crippen LogP contribution is -2.31. The largest absolute Gasteiger partial charge is 0.486 e. The Balaban J connectivity index is 1.43. The highest BCUT2D eigenvalue weighted by Crippen LogP contribution is 2.32. The molecule has 1 heterocycles. The molecule has 1 atom stereocenters. The van der Waals surface area contributed by atoms with Crippen LogP contribution in [0.25, 0.3) is 0 Å². The van der Waals surface area contributed by atoms with Crippen LogP contribution < -0.4 is 24.8 Å². The van der Waals surface area contributed by atoms with Crippen molar-refractivity contribution in [1.82, 2.24) is 0 Å².